The molecule has 11 heteroatoms. The summed E-state index contributed by atoms with van der Waals surface area (Å²) in [6.45, 7) is 4.74. The highest BCUT2D eigenvalue weighted by Crippen LogP contribution is 2.40. The van der Waals surface area contributed by atoms with E-state index in [0.29, 0.717) is 13.1 Å². The van der Waals surface area contributed by atoms with Crippen molar-refractivity contribution in [1.82, 2.24) is 14.5 Å². The van der Waals surface area contributed by atoms with Crippen LogP contribution in [0.15, 0.2) is 35.2 Å². The van der Waals surface area contributed by atoms with E-state index >= 15 is 0 Å². The number of aromatic nitrogens is 3. The summed E-state index contributed by atoms with van der Waals surface area (Å²) in [5.41, 5.74) is 0.577. The number of nitrogens with zero attached hydrogens (tertiary/aromatic N) is 4. The molecule has 0 saturated heterocycles. The van der Waals surface area contributed by atoms with E-state index in [1.54, 1.807) is 23.1 Å². The molecular formula is C21H23F3N4O3S. The molecule has 0 N–H and O–H groups in total. The lowest BCUT2D eigenvalue weighted by molar-refractivity contribution is -0.141. The maximum absolute atomic E-state index is 13.4. The Kier molecular flexibility index (Phi) is 5.35. The Morgan fingerprint density at radius 1 is 1.12 bits per heavy atom. The smallest absolute Gasteiger partial charge is 0.433 e. The van der Waals surface area contributed by atoms with E-state index in [-0.39, 0.29) is 28.7 Å². The number of sulfone groups is 1. The van der Waals surface area contributed by atoms with Crippen LogP contribution in [0.3, 0.4) is 0 Å². The van der Waals surface area contributed by atoms with Crippen molar-refractivity contribution >= 4 is 26.7 Å². The molecule has 0 radical (unpaired) electrons. The number of alkyl halides is 3. The summed E-state index contributed by atoms with van der Waals surface area (Å²) in [7, 11) is -2.11. The van der Waals surface area contributed by atoms with Gasteiger partial charge in [-0.3, -0.25) is 0 Å². The average molecular weight is 469 g/mol. The van der Waals surface area contributed by atoms with Crippen LogP contribution in [-0.2, 0) is 22.6 Å². The van der Waals surface area contributed by atoms with Crippen molar-refractivity contribution in [3.05, 3.63) is 41.7 Å². The molecule has 0 aliphatic carbocycles. The third-order valence-corrected chi connectivity index (χ3v) is 6.73. The minimum atomic E-state index is -4.63. The van der Waals surface area contributed by atoms with Gasteiger partial charge >= 0.3 is 6.18 Å². The average Bonchev–Trinajstić information content (AvgIpc) is 3.09. The molecule has 1 aromatic carbocycles. The molecule has 4 rings (SSSR count). The fourth-order valence-corrected chi connectivity index (χ4v) is 4.85. The second-order valence-corrected chi connectivity index (χ2v) is 10.2. The molecule has 0 bridgehead atoms. The van der Waals surface area contributed by atoms with Crippen molar-refractivity contribution in [3.8, 4) is 5.88 Å². The van der Waals surface area contributed by atoms with E-state index < -0.39 is 21.7 Å². The molecule has 3 aromatic rings. The summed E-state index contributed by atoms with van der Waals surface area (Å²) in [5.74, 6) is -0.200. The Morgan fingerprint density at radius 3 is 2.44 bits per heavy atom. The highest BCUT2D eigenvalue weighted by Gasteiger charge is 2.37. The standard InChI is InChI=1S/C21H23F3N4O3S/c1-12(2)19-16-9-13-5-6-14(32(4,29)30)10-15(13)27(16)7-8-28(19)20-25-17(21(22,23)24)11-18(26-20)31-3/h5-6,9-12,19H,7-8H2,1-4H3/t19-/m0/s1. The zero-order valence-electron chi connectivity index (χ0n) is 18.0. The number of hydrogen-bond donors (Lipinski definition) is 0. The quantitative estimate of drug-likeness (QED) is 0.574. The molecule has 7 nitrogen and oxygen atoms in total. The second kappa shape index (κ2) is 7.65. The fourth-order valence-electron chi connectivity index (χ4n) is 4.20. The van der Waals surface area contributed by atoms with Crippen molar-refractivity contribution in [2.75, 3.05) is 24.8 Å². The van der Waals surface area contributed by atoms with E-state index in [1.165, 1.54) is 7.11 Å². The molecule has 0 unspecified atom stereocenters. The van der Waals surface area contributed by atoms with Crippen LogP contribution in [0.5, 0.6) is 5.88 Å². The zero-order valence-corrected chi connectivity index (χ0v) is 18.8. The number of fused-ring (bicyclic) bond motifs is 3. The molecule has 0 saturated carbocycles. The summed E-state index contributed by atoms with van der Waals surface area (Å²) in [6.07, 6.45) is -3.48. The van der Waals surface area contributed by atoms with Gasteiger partial charge in [-0.2, -0.15) is 18.2 Å². The molecule has 0 amide bonds. The normalized spacial score (nSPS) is 17.1. The molecule has 0 spiro atoms. The van der Waals surface area contributed by atoms with Crippen molar-refractivity contribution < 1.29 is 26.3 Å². The van der Waals surface area contributed by atoms with Gasteiger partial charge < -0.3 is 14.2 Å². The van der Waals surface area contributed by atoms with Crippen LogP contribution in [0.25, 0.3) is 10.9 Å². The van der Waals surface area contributed by atoms with Gasteiger partial charge in [0.1, 0.15) is 0 Å². The Morgan fingerprint density at radius 2 is 1.84 bits per heavy atom. The highest BCUT2D eigenvalue weighted by atomic mass is 32.2. The number of ether oxygens (including phenoxy) is 1. The Labute approximate surface area is 183 Å². The monoisotopic (exact) mass is 468 g/mol. The summed E-state index contributed by atoms with van der Waals surface area (Å²) < 4.78 is 71.3. The van der Waals surface area contributed by atoms with Crippen LogP contribution in [0, 0.1) is 5.92 Å². The van der Waals surface area contributed by atoms with Gasteiger partial charge in [-0.05, 0) is 24.1 Å². The third-order valence-electron chi connectivity index (χ3n) is 5.62. The highest BCUT2D eigenvalue weighted by molar-refractivity contribution is 7.90. The topological polar surface area (TPSA) is 77.3 Å². The summed E-state index contributed by atoms with van der Waals surface area (Å²) >= 11 is 0. The third kappa shape index (κ3) is 3.89. The summed E-state index contributed by atoms with van der Waals surface area (Å²) in [4.78, 5) is 9.98. The van der Waals surface area contributed by atoms with E-state index in [2.05, 4.69) is 9.97 Å². The second-order valence-electron chi connectivity index (χ2n) is 8.19. The Hall–Kier alpha value is -2.82. The van der Waals surface area contributed by atoms with E-state index in [1.807, 2.05) is 24.5 Å². The van der Waals surface area contributed by atoms with Crippen LogP contribution in [0.2, 0.25) is 0 Å². The SMILES string of the molecule is COc1cc(C(F)(F)F)nc(N2CCn3c(cc4ccc(S(C)(=O)=O)cc43)[C@@H]2C(C)C)n1. The number of anilines is 1. The number of halogens is 3. The van der Waals surface area contributed by atoms with Gasteiger partial charge in [0.2, 0.25) is 11.8 Å². The van der Waals surface area contributed by atoms with Gasteiger partial charge in [0.15, 0.2) is 15.5 Å². The molecule has 1 aliphatic rings. The first-order valence-corrected chi connectivity index (χ1v) is 11.9. The Bertz CT molecular complexity index is 1290. The predicted octanol–water partition coefficient (Wildman–Crippen LogP) is 4.08. The van der Waals surface area contributed by atoms with Gasteiger partial charge in [0, 0.05) is 42.0 Å². The van der Waals surface area contributed by atoms with Crippen molar-refractivity contribution in [2.45, 2.75) is 37.5 Å². The molecule has 0 fully saturated rings. The first kappa shape index (κ1) is 22.4. The van der Waals surface area contributed by atoms with E-state index in [0.717, 1.165) is 28.9 Å². The van der Waals surface area contributed by atoms with Gasteiger partial charge in [-0.15, -0.1) is 0 Å². The predicted molar refractivity (Wildman–Crippen MR) is 114 cm³/mol. The number of methoxy groups -OCH3 is 1. The first-order valence-electron chi connectivity index (χ1n) is 10.0. The van der Waals surface area contributed by atoms with Crippen LogP contribution in [0.4, 0.5) is 19.1 Å². The summed E-state index contributed by atoms with van der Waals surface area (Å²) in [5, 5.41) is 0.863. The van der Waals surface area contributed by atoms with Gasteiger partial charge in [-0.1, -0.05) is 19.9 Å². The summed E-state index contributed by atoms with van der Waals surface area (Å²) in [6, 6.07) is 7.37. The molecule has 1 aliphatic heterocycles. The van der Waals surface area contributed by atoms with E-state index in [9.17, 15) is 21.6 Å². The van der Waals surface area contributed by atoms with Crippen LogP contribution >= 0.6 is 0 Å². The lowest BCUT2D eigenvalue weighted by atomic mass is 9.97. The van der Waals surface area contributed by atoms with Gasteiger partial charge in [-0.25, -0.2) is 13.4 Å². The molecular weight excluding hydrogens is 445 g/mol. The largest absolute Gasteiger partial charge is 0.481 e. The van der Waals surface area contributed by atoms with E-state index in [4.69, 9.17) is 4.74 Å². The van der Waals surface area contributed by atoms with Crippen molar-refractivity contribution in [1.29, 1.82) is 0 Å². The fraction of sp³-hybridized carbons (Fsp3) is 0.429. The molecule has 3 heterocycles. The van der Waals surface area contributed by atoms with Gasteiger partial charge in [0.25, 0.3) is 0 Å². The minimum Gasteiger partial charge on any atom is -0.481 e. The zero-order chi connectivity index (χ0) is 23.4. The van der Waals surface area contributed by atoms with Crippen LogP contribution < -0.4 is 9.64 Å². The Balaban J connectivity index is 1.86. The molecule has 172 valence electrons. The van der Waals surface area contributed by atoms with Crippen LogP contribution in [0.1, 0.15) is 31.3 Å². The van der Waals surface area contributed by atoms with Crippen molar-refractivity contribution in [2.24, 2.45) is 5.92 Å². The van der Waals surface area contributed by atoms with Crippen LogP contribution in [-0.4, -0.2) is 42.9 Å². The number of benzene rings is 1. The van der Waals surface area contributed by atoms with Crippen molar-refractivity contribution in [3.63, 3.8) is 0 Å². The maximum atomic E-state index is 13.4. The lowest BCUT2D eigenvalue weighted by Gasteiger charge is -2.39. The first-order chi connectivity index (χ1) is 14.9. The lowest BCUT2D eigenvalue weighted by Crippen LogP contribution is -2.41. The molecule has 1 atom stereocenters. The molecule has 32 heavy (non-hydrogen) atoms. The molecule has 2 aromatic heterocycles. The maximum Gasteiger partial charge on any atom is 0.433 e. The van der Waals surface area contributed by atoms with Gasteiger partial charge in [0.05, 0.1) is 18.0 Å². The minimum absolute atomic E-state index is 0.0110. The number of rotatable bonds is 4. The number of hydrogen-bond acceptors (Lipinski definition) is 6.